The third-order valence-electron chi connectivity index (χ3n) is 5.02. The zero-order chi connectivity index (χ0) is 18.0. The predicted molar refractivity (Wildman–Crippen MR) is 109 cm³/mol. The summed E-state index contributed by atoms with van der Waals surface area (Å²) in [6, 6.07) is 8.02. The summed E-state index contributed by atoms with van der Waals surface area (Å²) >= 11 is 2.01. The van der Waals surface area contributed by atoms with Crippen LogP contribution in [-0.2, 0) is 11.3 Å². The summed E-state index contributed by atoms with van der Waals surface area (Å²) < 4.78 is 5.38. The number of nitrogens with one attached hydrogen (secondary N) is 2. The molecule has 2 N–H and O–H groups in total. The number of amides is 2. The highest BCUT2D eigenvalue weighted by atomic mass is 32.2. The van der Waals surface area contributed by atoms with E-state index in [1.165, 1.54) is 37.7 Å². The maximum atomic E-state index is 12.0. The highest BCUT2D eigenvalue weighted by Crippen LogP contribution is 2.27. The molecule has 5 nitrogen and oxygen atoms in total. The van der Waals surface area contributed by atoms with Crippen LogP contribution in [0.25, 0.3) is 0 Å². The molecule has 6 heteroatoms. The van der Waals surface area contributed by atoms with Crippen LogP contribution in [0.1, 0.15) is 37.7 Å². The Morgan fingerprint density at radius 1 is 1.12 bits per heavy atom. The van der Waals surface area contributed by atoms with Crippen LogP contribution < -0.4 is 10.6 Å². The van der Waals surface area contributed by atoms with Gasteiger partial charge in [-0.3, -0.25) is 4.90 Å². The Morgan fingerprint density at radius 3 is 2.58 bits per heavy atom. The Labute approximate surface area is 161 Å². The zero-order valence-corrected chi connectivity index (χ0v) is 16.4. The first-order valence-electron chi connectivity index (χ1n) is 9.85. The molecule has 0 spiro atoms. The first-order chi connectivity index (χ1) is 12.8. The summed E-state index contributed by atoms with van der Waals surface area (Å²) in [5.74, 6) is 0.997. The molecule has 3 rings (SSSR count). The molecule has 1 aliphatic carbocycles. The molecule has 1 saturated heterocycles. The zero-order valence-electron chi connectivity index (χ0n) is 15.5. The monoisotopic (exact) mass is 377 g/mol. The van der Waals surface area contributed by atoms with Gasteiger partial charge in [-0.05, 0) is 30.5 Å². The van der Waals surface area contributed by atoms with Crippen molar-refractivity contribution in [1.29, 1.82) is 0 Å². The molecule has 0 bridgehead atoms. The Balaban J connectivity index is 1.32. The number of hydrogen-bond donors (Lipinski definition) is 2. The van der Waals surface area contributed by atoms with Gasteiger partial charge in [0, 0.05) is 42.9 Å². The summed E-state index contributed by atoms with van der Waals surface area (Å²) in [7, 11) is 0. The SMILES string of the molecule is O=C(NCCSC1CCCCC1)Nc1ccc(CN2CCOCC2)cc1. The van der Waals surface area contributed by atoms with Crippen molar-refractivity contribution in [2.75, 3.05) is 43.9 Å². The lowest BCUT2D eigenvalue weighted by Gasteiger charge is -2.26. The van der Waals surface area contributed by atoms with Gasteiger partial charge in [-0.2, -0.15) is 11.8 Å². The van der Waals surface area contributed by atoms with Gasteiger partial charge >= 0.3 is 6.03 Å². The molecule has 0 aromatic heterocycles. The Morgan fingerprint density at radius 2 is 1.85 bits per heavy atom. The lowest BCUT2D eigenvalue weighted by Crippen LogP contribution is -2.35. The van der Waals surface area contributed by atoms with E-state index in [1.54, 1.807) is 0 Å². The van der Waals surface area contributed by atoms with Crippen molar-refractivity contribution in [3.63, 3.8) is 0 Å². The minimum Gasteiger partial charge on any atom is -0.379 e. The summed E-state index contributed by atoms with van der Waals surface area (Å²) in [4.78, 5) is 14.4. The van der Waals surface area contributed by atoms with Gasteiger partial charge in [0.2, 0.25) is 0 Å². The van der Waals surface area contributed by atoms with E-state index in [-0.39, 0.29) is 6.03 Å². The molecule has 26 heavy (non-hydrogen) atoms. The fourth-order valence-electron chi connectivity index (χ4n) is 3.51. The first kappa shape index (κ1) is 19.5. The second-order valence-electron chi connectivity index (χ2n) is 7.10. The van der Waals surface area contributed by atoms with Crippen molar-refractivity contribution >= 4 is 23.5 Å². The average molecular weight is 378 g/mol. The molecule has 1 aromatic rings. The number of hydrogen-bond acceptors (Lipinski definition) is 4. The molecule has 1 aromatic carbocycles. The Kier molecular flexibility index (Phi) is 8.11. The molecule has 2 fully saturated rings. The number of thioether (sulfide) groups is 1. The second kappa shape index (κ2) is 10.8. The first-order valence-corrected chi connectivity index (χ1v) is 10.9. The third kappa shape index (κ3) is 6.82. The summed E-state index contributed by atoms with van der Waals surface area (Å²) in [5, 5.41) is 6.68. The highest BCUT2D eigenvalue weighted by Gasteiger charge is 2.13. The number of ether oxygens (including phenoxy) is 1. The number of benzene rings is 1. The predicted octanol–water partition coefficient (Wildman–Crippen LogP) is 3.71. The topological polar surface area (TPSA) is 53.6 Å². The highest BCUT2D eigenvalue weighted by molar-refractivity contribution is 7.99. The number of rotatable bonds is 7. The van der Waals surface area contributed by atoms with Crippen LogP contribution >= 0.6 is 11.8 Å². The van der Waals surface area contributed by atoms with Gasteiger partial charge in [-0.1, -0.05) is 31.4 Å². The molecule has 0 atom stereocenters. The fourth-order valence-corrected chi connectivity index (χ4v) is 4.73. The van der Waals surface area contributed by atoms with Crippen molar-refractivity contribution in [2.24, 2.45) is 0 Å². The van der Waals surface area contributed by atoms with Crippen LogP contribution in [0.5, 0.6) is 0 Å². The number of urea groups is 1. The van der Waals surface area contributed by atoms with Crippen molar-refractivity contribution in [2.45, 2.75) is 43.9 Å². The number of carbonyl (C=O) groups excluding carboxylic acids is 1. The standard InChI is InChI=1S/C20H31N3O2S/c24-20(21-10-15-26-19-4-2-1-3-5-19)22-18-8-6-17(7-9-18)16-23-11-13-25-14-12-23/h6-9,19H,1-5,10-16H2,(H2,21,22,24). The van der Waals surface area contributed by atoms with E-state index in [0.717, 1.165) is 56.1 Å². The van der Waals surface area contributed by atoms with Gasteiger partial charge in [0.05, 0.1) is 13.2 Å². The van der Waals surface area contributed by atoms with Crippen LogP contribution in [0.15, 0.2) is 24.3 Å². The van der Waals surface area contributed by atoms with E-state index >= 15 is 0 Å². The van der Waals surface area contributed by atoms with Gasteiger partial charge in [0.1, 0.15) is 0 Å². The van der Waals surface area contributed by atoms with E-state index in [1.807, 2.05) is 23.9 Å². The summed E-state index contributed by atoms with van der Waals surface area (Å²) in [5.41, 5.74) is 2.11. The van der Waals surface area contributed by atoms with Crippen LogP contribution in [-0.4, -0.2) is 54.8 Å². The van der Waals surface area contributed by atoms with E-state index < -0.39 is 0 Å². The number of carbonyl (C=O) groups is 1. The number of nitrogens with zero attached hydrogens (tertiary/aromatic N) is 1. The van der Waals surface area contributed by atoms with Crippen molar-refractivity contribution in [3.8, 4) is 0 Å². The maximum Gasteiger partial charge on any atom is 0.319 e. The third-order valence-corrected chi connectivity index (χ3v) is 6.40. The average Bonchev–Trinajstić information content (AvgIpc) is 2.68. The van der Waals surface area contributed by atoms with Gasteiger partial charge < -0.3 is 15.4 Å². The normalized spacial score (nSPS) is 19.2. The largest absolute Gasteiger partial charge is 0.379 e. The van der Waals surface area contributed by atoms with E-state index in [0.29, 0.717) is 0 Å². The van der Waals surface area contributed by atoms with Crippen LogP contribution in [0.2, 0.25) is 0 Å². The minimum absolute atomic E-state index is 0.116. The second-order valence-corrected chi connectivity index (χ2v) is 8.51. The van der Waals surface area contributed by atoms with Gasteiger partial charge in [-0.25, -0.2) is 4.79 Å². The molecule has 1 aliphatic heterocycles. The molecular weight excluding hydrogens is 346 g/mol. The molecular formula is C20H31N3O2S. The van der Waals surface area contributed by atoms with Gasteiger partial charge in [0.15, 0.2) is 0 Å². The van der Waals surface area contributed by atoms with Gasteiger partial charge in [-0.15, -0.1) is 0 Å². The smallest absolute Gasteiger partial charge is 0.319 e. The fraction of sp³-hybridized carbons (Fsp3) is 0.650. The molecule has 0 unspecified atom stereocenters. The lowest BCUT2D eigenvalue weighted by molar-refractivity contribution is 0.0342. The van der Waals surface area contributed by atoms with Gasteiger partial charge in [0.25, 0.3) is 0 Å². The quantitative estimate of drug-likeness (QED) is 0.712. The Bertz CT molecular complexity index is 540. The summed E-state index contributed by atoms with van der Waals surface area (Å²) in [6.07, 6.45) is 6.81. The molecule has 0 radical (unpaired) electrons. The van der Waals surface area contributed by atoms with E-state index in [4.69, 9.17) is 4.74 Å². The number of anilines is 1. The van der Waals surface area contributed by atoms with Crippen molar-refractivity contribution in [3.05, 3.63) is 29.8 Å². The molecule has 1 heterocycles. The molecule has 2 amide bonds. The molecule has 144 valence electrons. The Hall–Kier alpha value is -1.24. The van der Waals surface area contributed by atoms with Crippen molar-refractivity contribution < 1.29 is 9.53 Å². The molecule has 2 aliphatic rings. The minimum atomic E-state index is -0.116. The van der Waals surface area contributed by atoms with E-state index in [9.17, 15) is 4.79 Å². The molecule has 1 saturated carbocycles. The lowest BCUT2D eigenvalue weighted by atomic mass is 10.0. The van der Waals surface area contributed by atoms with Crippen LogP contribution in [0.4, 0.5) is 10.5 Å². The van der Waals surface area contributed by atoms with E-state index in [2.05, 4.69) is 27.7 Å². The maximum absolute atomic E-state index is 12.0. The van der Waals surface area contributed by atoms with Crippen LogP contribution in [0.3, 0.4) is 0 Å². The summed E-state index contributed by atoms with van der Waals surface area (Å²) in [6.45, 7) is 5.27. The number of morpholine rings is 1. The van der Waals surface area contributed by atoms with Crippen LogP contribution in [0, 0.1) is 0 Å². The van der Waals surface area contributed by atoms with Crippen molar-refractivity contribution in [1.82, 2.24) is 10.2 Å².